The molecule has 0 bridgehead atoms. The molecule has 0 spiro atoms. The van der Waals surface area contributed by atoms with E-state index in [1.807, 2.05) is 16.8 Å². The van der Waals surface area contributed by atoms with Gasteiger partial charge in [0.15, 0.2) is 5.78 Å². The number of fused-ring (bicyclic) bond motifs is 3. The van der Waals surface area contributed by atoms with Crippen molar-refractivity contribution in [3.8, 4) is 16.3 Å². The SMILES string of the molecule is Cc1cc2c(s1)-c1c(c(C(=O)CC3CCCCC3)nn1-c1ccc(Cl)cc1Cl)C2. The summed E-state index contributed by atoms with van der Waals surface area (Å²) in [4.78, 5) is 15.7. The van der Waals surface area contributed by atoms with Crippen LogP contribution in [0.5, 0.6) is 0 Å². The largest absolute Gasteiger partial charge is 0.292 e. The number of carbonyl (C=O) groups excluding carboxylic acids is 1. The maximum Gasteiger partial charge on any atom is 0.183 e. The lowest BCUT2D eigenvalue weighted by Gasteiger charge is -2.20. The minimum atomic E-state index is 0.170. The van der Waals surface area contributed by atoms with Gasteiger partial charge in [0.2, 0.25) is 0 Å². The summed E-state index contributed by atoms with van der Waals surface area (Å²) in [6.07, 6.45) is 7.46. The van der Waals surface area contributed by atoms with Gasteiger partial charge in [0.25, 0.3) is 0 Å². The van der Waals surface area contributed by atoms with E-state index in [4.69, 9.17) is 28.3 Å². The predicted molar refractivity (Wildman–Crippen MR) is 120 cm³/mol. The Morgan fingerprint density at radius 3 is 2.76 bits per heavy atom. The highest BCUT2D eigenvalue weighted by Gasteiger charge is 2.33. The normalized spacial score (nSPS) is 16.1. The van der Waals surface area contributed by atoms with Crippen LogP contribution in [0, 0.1) is 12.8 Å². The molecule has 0 atom stereocenters. The van der Waals surface area contributed by atoms with Crippen LogP contribution >= 0.6 is 34.5 Å². The Hall–Kier alpha value is -1.62. The van der Waals surface area contributed by atoms with E-state index in [1.165, 1.54) is 34.6 Å². The van der Waals surface area contributed by atoms with Crippen LogP contribution < -0.4 is 0 Å². The van der Waals surface area contributed by atoms with Crippen molar-refractivity contribution in [2.45, 2.75) is 51.9 Å². The fourth-order valence-electron chi connectivity index (χ4n) is 4.74. The first-order chi connectivity index (χ1) is 14.0. The lowest BCUT2D eigenvalue weighted by molar-refractivity contribution is 0.0944. The van der Waals surface area contributed by atoms with Crippen molar-refractivity contribution in [2.24, 2.45) is 5.92 Å². The molecule has 0 saturated heterocycles. The highest BCUT2D eigenvalue weighted by atomic mass is 35.5. The van der Waals surface area contributed by atoms with Crippen molar-refractivity contribution < 1.29 is 4.79 Å². The average molecular weight is 445 g/mol. The third kappa shape index (κ3) is 3.45. The van der Waals surface area contributed by atoms with Crippen LogP contribution in [-0.4, -0.2) is 15.6 Å². The van der Waals surface area contributed by atoms with Gasteiger partial charge in [0.05, 0.1) is 21.3 Å². The standard InChI is InChI=1S/C23H22Cl2N2OS/c1-13-9-15-11-17-21(20(28)10-14-5-3-2-4-6-14)26-27(22(17)23(15)29-13)19-8-7-16(24)12-18(19)25/h7-9,12,14H,2-6,10-11H2,1H3. The zero-order chi connectivity index (χ0) is 20.1. The van der Waals surface area contributed by atoms with Crippen LogP contribution in [0.2, 0.25) is 10.0 Å². The van der Waals surface area contributed by atoms with Crippen LogP contribution in [0.25, 0.3) is 16.3 Å². The monoisotopic (exact) mass is 444 g/mol. The summed E-state index contributed by atoms with van der Waals surface area (Å²) in [5.74, 6) is 0.665. The highest BCUT2D eigenvalue weighted by Crippen LogP contribution is 2.45. The molecule has 1 fully saturated rings. The lowest BCUT2D eigenvalue weighted by atomic mass is 9.85. The number of hydrogen-bond acceptors (Lipinski definition) is 3. The fourth-order valence-corrected chi connectivity index (χ4v) is 6.32. The van der Waals surface area contributed by atoms with E-state index in [1.54, 1.807) is 17.4 Å². The molecule has 2 aliphatic rings. The van der Waals surface area contributed by atoms with E-state index in [9.17, 15) is 4.79 Å². The molecule has 3 nitrogen and oxygen atoms in total. The minimum absolute atomic E-state index is 0.170. The number of Topliss-reactive ketones (excluding diaryl/α,β-unsaturated/α-hetero) is 1. The summed E-state index contributed by atoms with van der Waals surface area (Å²) in [5.41, 5.74) is 4.75. The van der Waals surface area contributed by atoms with Crippen LogP contribution in [-0.2, 0) is 6.42 Å². The maximum absolute atomic E-state index is 13.3. The molecule has 5 rings (SSSR count). The molecule has 150 valence electrons. The first kappa shape index (κ1) is 19.3. The number of nitrogens with zero attached hydrogens (tertiary/aromatic N) is 2. The summed E-state index contributed by atoms with van der Waals surface area (Å²) in [7, 11) is 0. The average Bonchev–Trinajstić information content (AvgIpc) is 3.32. The maximum atomic E-state index is 13.3. The number of ketones is 1. The van der Waals surface area contributed by atoms with Crippen LogP contribution in [0.15, 0.2) is 24.3 Å². The van der Waals surface area contributed by atoms with E-state index in [2.05, 4.69) is 13.0 Å². The quantitative estimate of drug-likeness (QED) is 0.310. The molecule has 2 heterocycles. The van der Waals surface area contributed by atoms with Gasteiger partial charge in [-0.3, -0.25) is 4.79 Å². The lowest BCUT2D eigenvalue weighted by Crippen LogP contribution is -2.14. The first-order valence-electron chi connectivity index (χ1n) is 10.2. The van der Waals surface area contributed by atoms with Crippen LogP contribution in [0.3, 0.4) is 0 Å². The second-order valence-corrected chi connectivity index (χ2v) is 10.3. The smallest absolute Gasteiger partial charge is 0.183 e. The molecule has 6 heteroatoms. The van der Waals surface area contributed by atoms with Gasteiger partial charge in [-0.05, 0) is 42.7 Å². The number of halogens is 2. The van der Waals surface area contributed by atoms with Crippen molar-refractivity contribution in [1.29, 1.82) is 0 Å². The zero-order valence-electron chi connectivity index (χ0n) is 16.3. The molecule has 1 aromatic carbocycles. The highest BCUT2D eigenvalue weighted by molar-refractivity contribution is 7.15. The van der Waals surface area contributed by atoms with Gasteiger partial charge in [-0.15, -0.1) is 11.3 Å². The fraction of sp³-hybridized carbons (Fsp3) is 0.391. The number of aryl methyl sites for hydroxylation is 1. The molecule has 1 saturated carbocycles. The Bertz CT molecular complexity index is 1110. The van der Waals surface area contributed by atoms with E-state index in [-0.39, 0.29) is 5.78 Å². The van der Waals surface area contributed by atoms with Crippen LogP contribution in [0.1, 0.15) is 65.0 Å². The van der Waals surface area contributed by atoms with Crippen molar-refractivity contribution in [3.05, 3.63) is 56.0 Å². The van der Waals surface area contributed by atoms with Gasteiger partial charge in [0, 0.05) is 28.3 Å². The van der Waals surface area contributed by atoms with Gasteiger partial charge in [-0.25, -0.2) is 4.68 Å². The molecule has 0 aliphatic heterocycles. The molecule has 0 unspecified atom stereocenters. The van der Waals surface area contributed by atoms with Crippen molar-refractivity contribution in [2.75, 3.05) is 0 Å². The third-order valence-corrected chi connectivity index (χ3v) is 7.74. The molecule has 3 aromatic rings. The Kier molecular flexibility index (Phi) is 5.05. The van der Waals surface area contributed by atoms with Gasteiger partial charge in [0.1, 0.15) is 5.69 Å². The molecule has 29 heavy (non-hydrogen) atoms. The molecule has 2 aliphatic carbocycles. The summed E-state index contributed by atoms with van der Waals surface area (Å²) in [6.45, 7) is 2.12. The molecule has 0 radical (unpaired) electrons. The zero-order valence-corrected chi connectivity index (χ0v) is 18.6. The van der Waals surface area contributed by atoms with Gasteiger partial charge in [-0.2, -0.15) is 5.10 Å². The third-order valence-electron chi connectivity index (χ3n) is 6.10. The number of carbonyl (C=O) groups is 1. The molecular formula is C23H22Cl2N2OS. The number of rotatable bonds is 4. The van der Waals surface area contributed by atoms with E-state index in [0.717, 1.165) is 36.2 Å². The number of benzene rings is 1. The Morgan fingerprint density at radius 1 is 1.21 bits per heavy atom. The second kappa shape index (κ2) is 7.57. The minimum Gasteiger partial charge on any atom is -0.292 e. The summed E-state index contributed by atoms with van der Waals surface area (Å²) in [5, 5.41) is 5.94. The Morgan fingerprint density at radius 2 is 2.00 bits per heavy atom. The summed E-state index contributed by atoms with van der Waals surface area (Å²) >= 11 is 14.4. The first-order valence-corrected chi connectivity index (χ1v) is 11.8. The molecule has 0 N–H and O–H groups in total. The molecular weight excluding hydrogens is 423 g/mol. The number of thiophene rings is 1. The van der Waals surface area contributed by atoms with Crippen molar-refractivity contribution >= 4 is 40.3 Å². The topological polar surface area (TPSA) is 34.9 Å². The van der Waals surface area contributed by atoms with E-state index >= 15 is 0 Å². The van der Waals surface area contributed by atoms with Gasteiger partial charge in [-0.1, -0.05) is 55.3 Å². The van der Waals surface area contributed by atoms with Crippen molar-refractivity contribution in [1.82, 2.24) is 9.78 Å². The number of hydrogen-bond donors (Lipinski definition) is 0. The summed E-state index contributed by atoms with van der Waals surface area (Å²) in [6, 6.07) is 7.65. The van der Waals surface area contributed by atoms with Crippen molar-refractivity contribution in [3.63, 3.8) is 0 Å². The number of aromatic nitrogens is 2. The summed E-state index contributed by atoms with van der Waals surface area (Å²) < 4.78 is 1.86. The van der Waals surface area contributed by atoms with Gasteiger partial charge < -0.3 is 0 Å². The predicted octanol–water partition coefficient (Wildman–Crippen LogP) is 7.27. The Balaban J connectivity index is 1.60. The van der Waals surface area contributed by atoms with Gasteiger partial charge >= 0.3 is 0 Å². The van der Waals surface area contributed by atoms with Crippen LogP contribution in [0.4, 0.5) is 0 Å². The van der Waals surface area contributed by atoms with E-state index < -0.39 is 0 Å². The van der Waals surface area contributed by atoms with E-state index in [0.29, 0.717) is 28.1 Å². The second-order valence-electron chi connectivity index (χ2n) is 8.20. The molecule has 2 aromatic heterocycles. The molecule has 0 amide bonds. The Labute approximate surface area is 184 Å².